The third kappa shape index (κ3) is 4.19. The van der Waals surface area contributed by atoms with Crippen molar-refractivity contribution in [3.05, 3.63) is 35.3 Å². The fourth-order valence-corrected chi connectivity index (χ4v) is 3.84. The van der Waals surface area contributed by atoms with E-state index in [4.69, 9.17) is 0 Å². The van der Waals surface area contributed by atoms with E-state index in [2.05, 4.69) is 23.7 Å². The summed E-state index contributed by atoms with van der Waals surface area (Å²) >= 11 is 0. The number of aromatic amines is 1. The fourth-order valence-electron chi connectivity index (χ4n) is 3.84. The molecule has 0 bridgehead atoms. The van der Waals surface area contributed by atoms with Crippen molar-refractivity contribution in [2.45, 2.75) is 27.2 Å². The minimum absolute atomic E-state index is 0.107. The van der Waals surface area contributed by atoms with Gasteiger partial charge < -0.3 is 19.7 Å². The van der Waals surface area contributed by atoms with Gasteiger partial charge in [-0.15, -0.1) is 0 Å². The number of hydrogen-bond acceptors (Lipinski definition) is 3. The third-order valence-electron chi connectivity index (χ3n) is 5.62. The monoisotopic (exact) mass is 388 g/mol. The molecule has 1 saturated heterocycles. The molecule has 1 aromatic carbocycles. The van der Waals surface area contributed by atoms with Crippen molar-refractivity contribution in [3.8, 4) is 0 Å². The number of hydrogen-bond donors (Lipinski definition) is 1. The zero-order valence-electron chi connectivity index (χ0n) is 16.9. The number of carbonyl (C=O) groups excluding carboxylic acids is 2. The van der Waals surface area contributed by atoms with Crippen LogP contribution in [0.3, 0.4) is 0 Å². The Balaban J connectivity index is 1.62. The first kappa shape index (κ1) is 20.3. The molecule has 0 aliphatic carbocycles. The number of H-pyrrole nitrogens is 1. The van der Waals surface area contributed by atoms with Crippen LogP contribution in [0.25, 0.3) is 10.9 Å². The highest BCUT2D eigenvalue weighted by Crippen LogP contribution is 2.25. The second kappa shape index (κ2) is 8.73. The quantitative estimate of drug-likeness (QED) is 0.828. The van der Waals surface area contributed by atoms with E-state index < -0.39 is 0 Å². The van der Waals surface area contributed by atoms with E-state index in [0.717, 1.165) is 30.8 Å². The molecule has 2 heterocycles. The first-order valence-corrected chi connectivity index (χ1v) is 10.0. The molecule has 1 fully saturated rings. The number of aryl methyl sites for hydroxylation is 1. The van der Waals surface area contributed by atoms with E-state index in [0.29, 0.717) is 43.5 Å². The van der Waals surface area contributed by atoms with E-state index >= 15 is 0 Å². The first-order valence-electron chi connectivity index (χ1n) is 10.0. The van der Waals surface area contributed by atoms with Gasteiger partial charge in [0.1, 0.15) is 5.82 Å². The normalized spacial score (nSPS) is 14.9. The van der Waals surface area contributed by atoms with E-state index in [1.54, 1.807) is 11.0 Å². The lowest BCUT2D eigenvalue weighted by Crippen LogP contribution is -2.51. The summed E-state index contributed by atoms with van der Waals surface area (Å²) in [4.78, 5) is 34.5. The average molecular weight is 388 g/mol. The molecule has 2 amide bonds. The van der Waals surface area contributed by atoms with Gasteiger partial charge in [-0.25, -0.2) is 4.39 Å². The maximum absolute atomic E-state index is 13.7. The highest BCUT2D eigenvalue weighted by Gasteiger charge is 2.27. The number of piperazine rings is 1. The number of rotatable bonds is 6. The summed E-state index contributed by atoms with van der Waals surface area (Å²) < 4.78 is 13.7. The number of nitrogens with one attached hydrogen (secondary N) is 1. The van der Waals surface area contributed by atoms with Crippen LogP contribution in [0.1, 0.15) is 36.3 Å². The average Bonchev–Trinajstić information content (AvgIpc) is 3.03. The van der Waals surface area contributed by atoms with E-state index in [1.807, 2.05) is 11.8 Å². The minimum Gasteiger partial charge on any atom is -0.358 e. The molecule has 3 rings (SSSR count). The Hall–Kier alpha value is -2.41. The van der Waals surface area contributed by atoms with Gasteiger partial charge in [-0.1, -0.05) is 13.8 Å². The Labute approximate surface area is 165 Å². The van der Waals surface area contributed by atoms with Crippen LogP contribution in [-0.2, 0) is 4.79 Å². The van der Waals surface area contributed by atoms with Crippen molar-refractivity contribution < 1.29 is 14.0 Å². The Morgan fingerprint density at radius 3 is 2.39 bits per heavy atom. The molecule has 7 heteroatoms. The molecule has 0 saturated carbocycles. The Morgan fingerprint density at radius 2 is 1.75 bits per heavy atom. The second-order valence-electron chi connectivity index (χ2n) is 7.26. The van der Waals surface area contributed by atoms with Crippen molar-refractivity contribution >= 4 is 22.7 Å². The van der Waals surface area contributed by atoms with Gasteiger partial charge in [0.25, 0.3) is 5.91 Å². The molecule has 152 valence electrons. The lowest BCUT2D eigenvalue weighted by molar-refractivity contribution is -0.133. The van der Waals surface area contributed by atoms with Crippen molar-refractivity contribution in [1.29, 1.82) is 0 Å². The molecule has 0 radical (unpaired) electrons. The molecule has 1 aromatic heterocycles. The van der Waals surface area contributed by atoms with Crippen molar-refractivity contribution in [1.82, 2.24) is 19.7 Å². The van der Waals surface area contributed by atoms with Crippen LogP contribution in [0.4, 0.5) is 4.39 Å². The van der Waals surface area contributed by atoms with Gasteiger partial charge in [0.05, 0.1) is 5.56 Å². The predicted molar refractivity (Wildman–Crippen MR) is 108 cm³/mol. The standard InChI is InChI=1S/C21H29FN4O2/c1-4-24(5-2)9-8-19(27)25-10-12-26(13-11-25)21(28)20-15(3)23-18-7-6-16(22)14-17(18)20/h6-7,14,23H,4-5,8-13H2,1-3H3. The number of amides is 2. The summed E-state index contributed by atoms with van der Waals surface area (Å²) in [5, 5.41) is 0.611. The third-order valence-corrected chi connectivity index (χ3v) is 5.62. The zero-order chi connectivity index (χ0) is 20.3. The van der Waals surface area contributed by atoms with Gasteiger partial charge in [-0.3, -0.25) is 9.59 Å². The molecule has 6 nitrogen and oxygen atoms in total. The fraction of sp³-hybridized carbons (Fsp3) is 0.524. The molecule has 0 atom stereocenters. The van der Waals surface area contributed by atoms with Crippen LogP contribution in [0.15, 0.2) is 18.2 Å². The number of carbonyl (C=O) groups is 2. The van der Waals surface area contributed by atoms with Crippen molar-refractivity contribution in [2.75, 3.05) is 45.8 Å². The SMILES string of the molecule is CCN(CC)CCC(=O)N1CCN(C(=O)c2c(C)[nH]c3ccc(F)cc23)CC1. The Bertz CT molecular complexity index is 851. The molecule has 28 heavy (non-hydrogen) atoms. The maximum atomic E-state index is 13.7. The van der Waals surface area contributed by atoms with Gasteiger partial charge in [0, 0.05) is 55.7 Å². The van der Waals surface area contributed by atoms with Crippen LogP contribution >= 0.6 is 0 Å². The lowest BCUT2D eigenvalue weighted by atomic mass is 10.1. The van der Waals surface area contributed by atoms with Crippen LogP contribution in [0.5, 0.6) is 0 Å². The molecule has 1 N–H and O–H groups in total. The molecule has 2 aromatic rings. The minimum atomic E-state index is -0.357. The van der Waals surface area contributed by atoms with Crippen molar-refractivity contribution in [2.24, 2.45) is 0 Å². The number of nitrogens with zero attached hydrogens (tertiary/aromatic N) is 3. The second-order valence-corrected chi connectivity index (χ2v) is 7.26. The number of halogens is 1. The van der Waals surface area contributed by atoms with E-state index in [-0.39, 0.29) is 17.6 Å². The zero-order valence-corrected chi connectivity index (χ0v) is 16.9. The molecule has 0 unspecified atom stereocenters. The van der Waals surface area contributed by atoms with Gasteiger partial charge in [-0.2, -0.15) is 0 Å². The van der Waals surface area contributed by atoms with Crippen LogP contribution < -0.4 is 0 Å². The van der Waals surface area contributed by atoms with Crippen LogP contribution in [-0.4, -0.2) is 77.3 Å². The summed E-state index contributed by atoms with van der Waals surface area (Å²) in [5.74, 6) is -0.321. The smallest absolute Gasteiger partial charge is 0.256 e. The largest absolute Gasteiger partial charge is 0.358 e. The first-order chi connectivity index (χ1) is 13.4. The molecular formula is C21H29FN4O2. The van der Waals surface area contributed by atoms with Crippen LogP contribution in [0.2, 0.25) is 0 Å². The number of fused-ring (bicyclic) bond motifs is 1. The summed E-state index contributed by atoms with van der Waals surface area (Å²) in [6.07, 6.45) is 0.510. The van der Waals surface area contributed by atoms with Gasteiger partial charge in [0.2, 0.25) is 5.91 Å². The molecule has 1 aliphatic heterocycles. The number of aromatic nitrogens is 1. The molecule has 1 aliphatic rings. The summed E-state index contributed by atoms with van der Waals surface area (Å²) in [6.45, 7) is 10.7. The highest BCUT2D eigenvalue weighted by molar-refractivity contribution is 6.08. The van der Waals surface area contributed by atoms with E-state index in [9.17, 15) is 14.0 Å². The van der Waals surface area contributed by atoms with Crippen LogP contribution in [0, 0.1) is 12.7 Å². The maximum Gasteiger partial charge on any atom is 0.256 e. The number of benzene rings is 1. The summed E-state index contributed by atoms with van der Waals surface area (Å²) in [7, 11) is 0. The summed E-state index contributed by atoms with van der Waals surface area (Å²) in [6, 6.07) is 4.44. The molecular weight excluding hydrogens is 359 g/mol. The van der Waals surface area contributed by atoms with Crippen molar-refractivity contribution in [3.63, 3.8) is 0 Å². The Kier molecular flexibility index (Phi) is 6.34. The predicted octanol–water partition coefficient (Wildman–Crippen LogP) is 2.63. The van der Waals surface area contributed by atoms with Gasteiger partial charge >= 0.3 is 0 Å². The van der Waals surface area contributed by atoms with Gasteiger partial charge in [-0.05, 0) is 38.2 Å². The molecule has 0 spiro atoms. The highest BCUT2D eigenvalue weighted by atomic mass is 19.1. The lowest BCUT2D eigenvalue weighted by Gasteiger charge is -2.35. The summed E-state index contributed by atoms with van der Waals surface area (Å²) in [5.41, 5.74) is 2.02. The Morgan fingerprint density at radius 1 is 1.11 bits per heavy atom. The van der Waals surface area contributed by atoms with Gasteiger partial charge in [0.15, 0.2) is 0 Å². The topological polar surface area (TPSA) is 59.7 Å². The van der Waals surface area contributed by atoms with E-state index in [1.165, 1.54) is 12.1 Å².